The Balaban J connectivity index is 2.45. The van der Waals surface area contributed by atoms with Crippen LogP contribution in [0.5, 0.6) is 0 Å². The zero-order chi connectivity index (χ0) is 21.1. The molecule has 2 rings (SSSR count). The number of sulfonamides is 1. The molecule has 4 N–H and O–H groups in total. The molecule has 16 heteroatoms. The summed E-state index contributed by atoms with van der Waals surface area (Å²) in [6.45, 7) is 0. The summed E-state index contributed by atoms with van der Waals surface area (Å²) < 4.78 is 57.4. The van der Waals surface area contributed by atoms with Crippen LogP contribution in [0.3, 0.4) is 0 Å². The maximum absolute atomic E-state index is 11.6. The maximum atomic E-state index is 11.6. The lowest BCUT2D eigenvalue weighted by Gasteiger charge is -2.12. The van der Waals surface area contributed by atoms with Crippen LogP contribution in [0.4, 0.5) is 17.3 Å². The number of carboxylic acids is 1. The molecule has 0 aliphatic rings. The highest BCUT2D eigenvalue weighted by Gasteiger charge is 2.18. The molecule has 0 amide bonds. The topological polar surface area (TPSA) is 189 Å². The predicted molar refractivity (Wildman–Crippen MR) is 101 cm³/mol. The lowest BCUT2D eigenvalue weighted by atomic mass is 10.3. The number of aliphatic carboxylic acids is 1. The summed E-state index contributed by atoms with van der Waals surface area (Å²) in [6, 6.07) is 3.18. The minimum absolute atomic E-state index is 0.00183. The van der Waals surface area contributed by atoms with Gasteiger partial charge in [-0.1, -0.05) is 11.8 Å². The fraction of sp³-hybridized carbons (Fsp3) is 0.167. The van der Waals surface area contributed by atoms with E-state index >= 15 is 0 Å². The van der Waals surface area contributed by atoms with E-state index < -0.39 is 31.0 Å². The van der Waals surface area contributed by atoms with E-state index in [-0.39, 0.29) is 33.5 Å². The van der Waals surface area contributed by atoms with Crippen molar-refractivity contribution in [2.45, 2.75) is 10.1 Å². The first-order valence-electron chi connectivity index (χ1n) is 6.96. The van der Waals surface area contributed by atoms with E-state index in [1.165, 1.54) is 0 Å². The van der Waals surface area contributed by atoms with Gasteiger partial charge in [0.2, 0.25) is 21.3 Å². The van der Waals surface area contributed by atoms with Gasteiger partial charge in [-0.3, -0.25) is 14.1 Å². The van der Waals surface area contributed by atoms with Gasteiger partial charge in [0.1, 0.15) is 4.90 Å². The summed E-state index contributed by atoms with van der Waals surface area (Å²) in [5, 5.41) is 10.8. The number of rotatable bonds is 8. The number of hydrogen-bond donors (Lipinski definition) is 4. The highest BCUT2D eigenvalue weighted by Crippen LogP contribution is 2.28. The van der Waals surface area contributed by atoms with Gasteiger partial charge in [-0.05, 0) is 29.8 Å². The summed E-state index contributed by atoms with van der Waals surface area (Å²) >= 11 is 6.50. The number of thioether (sulfide) groups is 1. The quantitative estimate of drug-likeness (QED) is 0.318. The van der Waals surface area contributed by atoms with E-state index in [0.717, 1.165) is 36.2 Å². The van der Waals surface area contributed by atoms with Gasteiger partial charge < -0.3 is 10.4 Å². The van der Waals surface area contributed by atoms with Crippen LogP contribution in [0.1, 0.15) is 0 Å². The average Bonchev–Trinajstić information content (AvgIpc) is 2.49. The van der Waals surface area contributed by atoms with Gasteiger partial charge in [-0.25, -0.2) is 8.42 Å². The molecule has 12 nitrogen and oxygen atoms in total. The van der Waals surface area contributed by atoms with Gasteiger partial charge >= 0.3 is 5.97 Å². The van der Waals surface area contributed by atoms with Crippen LogP contribution in [0.25, 0.3) is 0 Å². The molecule has 0 bridgehead atoms. The van der Waals surface area contributed by atoms with Crippen molar-refractivity contribution < 1.29 is 31.3 Å². The van der Waals surface area contributed by atoms with Crippen molar-refractivity contribution in [3.63, 3.8) is 0 Å². The molecule has 0 saturated carbocycles. The average molecular weight is 470 g/mol. The maximum Gasteiger partial charge on any atom is 0.313 e. The van der Waals surface area contributed by atoms with Gasteiger partial charge in [0, 0.05) is 0 Å². The van der Waals surface area contributed by atoms with Crippen LogP contribution in [0, 0.1) is 0 Å². The molecule has 0 fully saturated rings. The largest absolute Gasteiger partial charge is 0.481 e. The van der Waals surface area contributed by atoms with Crippen molar-refractivity contribution in [1.82, 2.24) is 15.0 Å². The van der Waals surface area contributed by atoms with Crippen molar-refractivity contribution in [2.24, 2.45) is 0 Å². The number of hydrogen-bond acceptors (Lipinski definition) is 10. The number of nitrogens with zero attached hydrogens (tertiary/aromatic N) is 3. The van der Waals surface area contributed by atoms with E-state index in [0.29, 0.717) is 0 Å². The molecule has 1 heterocycles. The second-order valence-electron chi connectivity index (χ2n) is 5.08. The van der Waals surface area contributed by atoms with Crippen molar-refractivity contribution in [3.05, 3.63) is 23.5 Å². The van der Waals surface area contributed by atoms with Crippen LogP contribution in [-0.4, -0.2) is 59.4 Å². The lowest BCUT2D eigenvalue weighted by Crippen LogP contribution is -2.11. The molecular weight excluding hydrogens is 458 g/mol. The third kappa shape index (κ3) is 6.75. The number of anilines is 3. The molecule has 0 radical (unpaired) electrons. The van der Waals surface area contributed by atoms with Crippen molar-refractivity contribution in [1.29, 1.82) is 0 Å². The smallest absolute Gasteiger partial charge is 0.313 e. The second kappa shape index (κ2) is 8.44. The molecule has 152 valence electrons. The van der Waals surface area contributed by atoms with Crippen LogP contribution in [0.2, 0.25) is 5.28 Å². The molecule has 2 aromatic rings. The number of nitrogens with one attached hydrogen (secondary N) is 2. The van der Waals surface area contributed by atoms with Crippen LogP contribution in [0.15, 0.2) is 28.3 Å². The van der Waals surface area contributed by atoms with Gasteiger partial charge in [0.05, 0.1) is 23.4 Å². The number of halogens is 1. The lowest BCUT2D eigenvalue weighted by molar-refractivity contribution is -0.133. The summed E-state index contributed by atoms with van der Waals surface area (Å²) in [5.41, 5.74) is -0.259. The van der Waals surface area contributed by atoms with Gasteiger partial charge in [0.25, 0.3) is 10.1 Å². The fourth-order valence-corrected chi connectivity index (χ4v) is 3.78. The molecule has 0 saturated heterocycles. The predicted octanol–water partition coefficient (Wildman–Crippen LogP) is 1.06. The molecular formula is C12H12ClN5O7S3. The van der Waals surface area contributed by atoms with E-state index in [9.17, 15) is 26.2 Å². The Bertz CT molecular complexity index is 1120. The van der Waals surface area contributed by atoms with Gasteiger partial charge in [0.15, 0.2) is 5.16 Å². The first-order valence-corrected chi connectivity index (χ1v) is 11.7. The number of aromatic nitrogens is 3. The summed E-state index contributed by atoms with van der Waals surface area (Å²) in [7, 11) is -8.34. The Hall–Kier alpha value is -2.20. The second-order valence-corrected chi connectivity index (χ2v) is 9.50. The minimum Gasteiger partial charge on any atom is -0.481 e. The third-order valence-corrected chi connectivity index (χ3v) is 5.24. The highest BCUT2D eigenvalue weighted by molar-refractivity contribution is 7.99. The van der Waals surface area contributed by atoms with Gasteiger partial charge in [-0.2, -0.15) is 23.4 Å². The van der Waals surface area contributed by atoms with Crippen molar-refractivity contribution >= 4 is 66.8 Å². The zero-order valence-electron chi connectivity index (χ0n) is 13.8. The Morgan fingerprint density at radius 2 is 1.89 bits per heavy atom. The first-order chi connectivity index (χ1) is 12.8. The Labute approximate surface area is 168 Å². The SMILES string of the molecule is CS(=O)(=O)Nc1ccc(S(=O)(=O)O)c(Nc2nc(Cl)nc(SCC(=O)O)n2)c1. The fourth-order valence-electron chi connectivity index (χ4n) is 1.83. The van der Waals surface area contributed by atoms with E-state index in [1.807, 2.05) is 0 Å². The van der Waals surface area contributed by atoms with E-state index in [1.54, 1.807) is 0 Å². The molecule has 0 aliphatic heterocycles. The number of benzene rings is 1. The summed E-state index contributed by atoms with van der Waals surface area (Å²) in [6.07, 6.45) is 0.897. The van der Waals surface area contributed by atoms with Crippen molar-refractivity contribution in [3.8, 4) is 0 Å². The molecule has 0 aliphatic carbocycles. The van der Waals surface area contributed by atoms with E-state index in [2.05, 4.69) is 25.0 Å². The van der Waals surface area contributed by atoms with Crippen LogP contribution < -0.4 is 10.0 Å². The summed E-state index contributed by atoms with van der Waals surface area (Å²) in [5.74, 6) is -1.73. The third-order valence-electron chi connectivity index (χ3n) is 2.72. The number of carboxylic acid groups (broad SMARTS) is 1. The summed E-state index contributed by atoms with van der Waals surface area (Å²) in [4.78, 5) is 21.4. The Morgan fingerprint density at radius 1 is 1.21 bits per heavy atom. The highest BCUT2D eigenvalue weighted by atomic mass is 35.5. The normalized spacial score (nSPS) is 11.8. The molecule has 1 aromatic heterocycles. The molecule has 0 unspecified atom stereocenters. The molecule has 0 atom stereocenters. The number of carbonyl (C=O) groups is 1. The van der Waals surface area contributed by atoms with Gasteiger partial charge in [-0.15, -0.1) is 0 Å². The Kier molecular flexibility index (Phi) is 6.66. The van der Waals surface area contributed by atoms with Crippen molar-refractivity contribution in [2.75, 3.05) is 22.0 Å². The molecule has 0 spiro atoms. The monoisotopic (exact) mass is 469 g/mol. The molecule has 1 aromatic carbocycles. The van der Waals surface area contributed by atoms with E-state index in [4.69, 9.17) is 16.7 Å². The molecule has 28 heavy (non-hydrogen) atoms. The standard InChI is InChI=1S/C12H12ClN5O7S3/c1-27(21,22)18-6-2-3-8(28(23,24)25)7(4-6)14-11-15-10(13)16-12(17-11)26-5-9(19)20/h2-4,18H,5H2,1H3,(H,19,20)(H,23,24,25)(H,14,15,16,17). The van der Waals surface area contributed by atoms with Crippen LogP contribution >= 0.6 is 23.4 Å². The minimum atomic E-state index is -4.68. The zero-order valence-corrected chi connectivity index (χ0v) is 17.0. The Morgan fingerprint density at radius 3 is 2.46 bits per heavy atom. The first kappa shape index (κ1) is 22.1. The van der Waals surface area contributed by atoms with Crippen LogP contribution in [-0.2, 0) is 24.9 Å².